The fourth-order valence-corrected chi connectivity index (χ4v) is 1.78. The quantitative estimate of drug-likeness (QED) is 0.613. The maximum Gasteiger partial charge on any atom is 0.130 e. The van der Waals surface area contributed by atoms with Crippen LogP contribution in [0.15, 0.2) is 18.2 Å². The molecule has 1 nitrogen and oxygen atoms in total. The lowest BCUT2D eigenvalue weighted by Gasteiger charge is -2.10. The molecule has 0 N–H and O–H groups in total. The molecule has 0 unspecified atom stereocenters. The molecule has 96 valence electrons. The third kappa shape index (κ3) is 4.76. The van der Waals surface area contributed by atoms with Gasteiger partial charge in [-0.15, -0.1) is 0 Å². The second-order valence-corrected chi connectivity index (χ2v) is 4.75. The first-order chi connectivity index (χ1) is 8.15. The van der Waals surface area contributed by atoms with Crippen LogP contribution in [-0.2, 0) is 0 Å². The molecule has 0 amide bonds. The number of halogens is 1. The van der Waals surface area contributed by atoms with Gasteiger partial charge in [0.25, 0.3) is 0 Å². The SMILES string of the molecule is CCCCCCOc1ccc(C(C)C)c(F)c1. The Morgan fingerprint density at radius 1 is 1.18 bits per heavy atom. The molecule has 2 heteroatoms. The van der Waals surface area contributed by atoms with Crippen molar-refractivity contribution in [3.05, 3.63) is 29.6 Å². The van der Waals surface area contributed by atoms with E-state index in [0.29, 0.717) is 12.4 Å². The average molecular weight is 238 g/mol. The largest absolute Gasteiger partial charge is 0.493 e. The minimum atomic E-state index is -0.161. The zero-order valence-corrected chi connectivity index (χ0v) is 11.1. The van der Waals surface area contributed by atoms with Crippen LogP contribution < -0.4 is 4.74 Å². The molecule has 0 aliphatic heterocycles. The number of hydrogen-bond acceptors (Lipinski definition) is 1. The van der Waals surface area contributed by atoms with Crippen LogP contribution in [0.25, 0.3) is 0 Å². The van der Waals surface area contributed by atoms with E-state index in [1.165, 1.54) is 25.3 Å². The van der Waals surface area contributed by atoms with Crippen molar-refractivity contribution in [3.63, 3.8) is 0 Å². The van der Waals surface area contributed by atoms with E-state index in [9.17, 15) is 4.39 Å². The van der Waals surface area contributed by atoms with Crippen molar-refractivity contribution in [3.8, 4) is 5.75 Å². The standard InChI is InChI=1S/C15H23FO/c1-4-5-6-7-10-17-13-8-9-14(12(2)3)15(16)11-13/h8-9,11-12H,4-7,10H2,1-3H3. The number of rotatable bonds is 7. The van der Waals surface area contributed by atoms with E-state index in [1.807, 2.05) is 26.0 Å². The number of hydrogen-bond donors (Lipinski definition) is 0. The highest BCUT2D eigenvalue weighted by Gasteiger charge is 2.07. The van der Waals surface area contributed by atoms with E-state index in [4.69, 9.17) is 4.74 Å². The monoisotopic (exact) mass is 238 g/mol. The summed E-state index contributed by atoms with van der Waals surface area (Å²) in [6.07, 6.45) is 4.69. The molecule has 0 aromatic heterocycles. The Labute approximate surface area is 104 Å². The predicted octanol–water partition coefficient (Wildman–Crippen LogP) is 4.91. The molecule has 17 heavy (non-hydrogen) atoms. The maximum atomic E-state index is 13.7. The maximum absolute atomic E-state index is 13.7. The summed E-state index contributed by atoms with van der Waals surface area (Å²) in [6.45, 7) is 6.84. The third-order valence-electron chi connectivity index (χ3n) is 2.86. The first kappa shape index (κ1) is 14.0. The van der Waals surface area contributed by atoms with Gasteiger partial charge in [0.2, 0.25) is 0 Å². The number of benzene rings is 1. The fourth-order valence-electron chi connectivity index (χ4n) is 1.78. The molecule has 0 fully saturated rings. The van der Waals surface area contributed by atoms with Crippen LogP contribution in [-0.4, -0.2) is 6.61 Å². The van der Waals surface area contributed by atoms with Gasteiger partial charge < -0.3 is 4.74 Å². The van der Waals surface area contributed by atoms with Crippen LogP contribution >= 0.6 is 0 Å². The molecule has 1 aromatic rings. The second-order valence-electron chi connectivity index (χ2n) is 4.75. The molecule has 0 radical (unpaired) electrons. The molecule has 0 saturated heterocycles. The van der Waals surface area contributed by atoms with Crippen molar-refractivity contribution in [2.75, 3.05) is 6.61 Å². The van der Waals surface area contributed by atoms with Crippen molar-refractivity contribution < 1.29 is 9.13 Å². The van der Waals surface area contributed by atoms with Crippen molar-refractivity contribution in [2.24, 2.45) is 0 Å². The molecule has 0 atom stereocenters. The van der Waals surface area contributed by atoms with Gasteiger partial charge >= 0.3 is 0 Å². The van der Waals surface area contributed by atoms with E-state index in [0.717, 1.165) is 12.0 Å². The van der Waals surface area contributed by atoms with E-state index in [-0.39, 0.29) is 11.7 Å². The summed E-state index contributed by atoms with van der Waals surface area (Å²) in [5.74, 6) is 0.697. The first-order valence-electron chi connectivity index (χ1n) is 6.57. The third-order valence-corrected chi connectivity index (χ3v) is 2.86. The normalized spacial score (nSPS) is 10.9. The Balaban J connectivity index is 2.42. The molecule has 0 aliphatic carbocycles. The lowest BCUT2D eigenvalue weighted by Crippen LogP contribution is -1.99. The summed E-state index contributed by atoms with van der Waals surface area (Å²) in [7, 11) is 0. The van der Waals surface area contributed by atoms with Crippen LogP contribution in [0, 0.1) is 5.82 Å². The Hall–Kier alpha value is -1.05. The predicted molar refractivity (Wildman–Crippen MR) is 70.1 cm³/mol. The Morgan fingerprint density at radius 2 is 1.94 bits per heavy atom. The lowest BCUT2D eigenvalue weighted by molar-refractivity contribution is 0.303. The summed E-state index contributed by atoms with van der Waals surface area (Å²) in [5, 5.41) is 0. The summed E-state index contributed by atoms with van der Waals surface area (Å²) in [5.41, 5.74) is 0.753. The van der Waals surface area contributed by atoms with Gasteiger partial charge in [-0.25, -0.2) is 4.39 Å². The van der Waals surface area contributed by atoms with Gasteiger partial charge in [-0.1, -0.05) is 46.1 Å². The van der Waals surface area contributed by atoms with Crippen LogP contribution in [0.3, 0.4) is 0 Å². The Kier molecular flexibility index (Phi) is 6.03. The van der Waals surface area contributed by atoms with Crippen molar-refractivity contribution in [1.82, 2.24) is 0 Å². The van der Waals surface area contributed by atoms with Gasteiger partial charge in [0.1, 0.15) is 11.6 Å². The fraction of sp³-hybridized carbons (Fsp3) is 0.600. The summed E-state index contributed by atoms with van der Waals surface area (Å²) < 4.78 is 19.2. The molecule has 1 aromatic carbocycles. The highest BCUT2D eigenvalue weighted by atomic mass is 19.1. The molecule has 0 saturated carbocycles. The van der Waals surface area contributed by atoms with Crippen molar-refractivity contribution in [2.45, 2.75) is 52.4 Å². The average Bonchev–Trinajstić information content (AvgIpc) is 2.28. The summed E-state index contributed by atoms with van der Waals surface area (Å²) >= 11 is 0. The molecule has 0 spiro atoms. The molecule has 0 bridgehead atoms. The van der Waals surface area contributed by atoms with Gasteiger partial charge in [0, 0.05) is 6.07 Å². The van der Waals surface area contributed by atoms with E-state index < -0.39 is 0 Å². The van der Waals surface area contributed by atoms with Crippen LogP contribution in [0.2, 0.25) is 0 Å². The van der Waals surface area contributed by atoms with E-state index in [2.05, 4.69) is 6.92 Å². The van der Waals surface area contributed by atoms with Gasteiger partial charge in [0.15, 0.2) is 0 Å². The second kappa shape index (κ2) is 7.31. The van der Waals surface area contributed by atoms with Gasteiger partial charge in [-0.05, 0) is 24.0 Å². The lowest BCUT2D eigenvalue weighted by atomic mass is 10.0. The molecule has 0 heterocycles. The van der Waals surface area contributed by atoms with Crippen LogP contribution in [0.1, 0.15) is 57.9 Å². The minimum absolute atomic E-state index is 0.161. The Morgan fingerprint density at radius 3 is 2.53 bits per heavy atom. The molecule has 0 aliphatic rings. The van der Waals surface area contributed by atoms with Gasteiger partial charge in [0.05, 0.1) is 6.61 Å². The Bertz CT molecular complexity index is 334. The minimum Gasteiger partial charge on any atom is -0.493 e. The van der Waals surface area contributed by atoms with Gasteiger partial charge in [-0.3, -0.25) is 0 Å². The molecular formula is C15H23FO. The van der Waals surface area contributed by atoms with E-state index in [1.54, 1.807) is 0 Å². The highest BCUT2D eigenvalue weighted by Crippen LogP contribution is 2.22. The smallest absolute Gasteiger partial charge is 0.130 e. The highest BCUT2D eigenvalue weighted by molar-refractivity contribution is 5.30. The van der Waals surface area contributed by atoms with Crippen LogP contribution in [0.5, 0.6) is 5.75 Å². The summed E-state index contributed by atoms with van der Waals surface area (Å²) in [6, 6.07) is 5.18. The van der Waals surface area contributed by atoms with Crippen molar-refractivity contribution >= 4 is 0 Å². The zero-order valence-electron chi connectivity index (χ0n) is 11.1. The topological polar surface area (TPSA) is 9.23 Å². The molecular weight excluding hydrogens is 215 g/mol. The number of unbranched alkanes of at least 4 members (excludes halogenated alkanes) is 3. The zero-order chi connectivity index (χ0) is 12.7. The van der Waals surface area contributed by atoms with Crippen LogP contribution in [0.4, 0.5) is 4.39 Å². The van der Waals surface area contributed by atoms with E-state index >= 15 is 0 Å². The van der Waals surface area contributed by atoms with Crippen molar-refractivity contribution in [1.29, 1.82) is 0 Å². The number of ether oxygens (including phenoxy) is 1. The summed E-state index contributed by atoms with van der Waals surface area (Å²) in [4.78, 5) is 0. The molecule has 1 rings (SSSR count). The van der Waals surface area contributed by atoms with Gasteiger partial charge in [-0.2, -0.15) is 0 Å². The first-order valence-corrected chi connectivity index (χ1v) is 6.57.